The van der Waals surface area contributed by atoms with Crippen LogP contribution in [0.1, 0.15) is 0 Å². The second-order valence-electron chi connectivity index (χ2n) is 7.13. The Kier molecular flexibility index (Phi) is 4.71. The van der Waals surface area contributed by atoms with Crippen LogP contribution in [-0.2, 0) is 0 Å². The molecule has 10 heteroatoms. The number of halogens is 2. The Balaban J connectivity index is 2.82. The van der Waals surface area contributed by atoms with Crippen molar-refractivity contribution in [3.63, 3.8) is 0 Å². The fourth-order valence-corrected chi connectivity index (χ4v) is 5.95. The van der Waals surface area contributed by atoms with Crippen molar-refractivity contribution in [2.24, 2.45) is 0 Å². The molecular formula is C14H16B8Br2. The average molecular weight is 431 g/mol. The number of benzene rings is 3. The summed E-state index contributed by atoms with van der Waals surface area (Å²) in [5, 5.41) is 5.39. The van der Waals surface area contributed by atoms with Gasteiger partial charge in [0.1, 0.15) is 62.8 Å². The Morgan fingerprint density at radius 2 is 0.500 bits per heavy atom. The molecule has 0 aromatic heterocycles. The zero-order valence-corrected chi connectivity index (χ0v) is 18.9. The van der Waals surface area contributed by atoms with E-state index in [4.69, 9.17) is 0 Å². The van der Waals surface area contributed by atoms with Crippen molar-refractivity contribution in [1.29, 1.82) is 0 Å². The van der Waals surface area contributed by atoms with Crippen LogP contribution in [0.3, 0.4) is 0 Å². The minimum atomic E-state index is 1.24. The Labute approximate surface area is 168 Å². The Bertz CT molecular complexity index is 896. The second kappa shape index (κ2) is 6.13. The third-order valence-electron chi connectivity index (χ3n) is 6.25. The molecule has 0 aliphatic heterocycles. The van der Waals surface area contributed by atoms with E-state index in [0.29, 0.717) is 0 Å². The van der Waals surface area contributed by atoms with Crippen molar-refractivity contribution < 1.29 is 0 Å². The second-order valence-corrected chi connectivity index (χ2v) is 8.71. The van der Waals surface area contributed by atoms with Crippen LogP contribution in [0.4, 0.5) is 0 Å². The van der Waals surface area contributed by atoms with Crippen molar-refractivity contribution in [2.75, 3.05) is 0 Å². The number of rotatable bonds is 0. The summed E-state index contributed by atoms with van der Waals surface area (Å²) in [6.45, 7) is 0. The van der Waals surface area contributed by atoms with Crippen molar-refractivity contribution >= 4 is 160 Å². The molecule has 0 N–H and O–H groups in total. The summed E-state index contributed by atoms with van der Waals surface area (Å²) in [6.07, 6.45) is 0. The first-order valence-corrected chi connectivity index (χ1v) is 9.96. The molecule has 0 spiro atoms. The first-order valence-electron chi connectivity index (χ1n) is 8.38. The van der Waals surface area contributed by atoms with Crippen LogP contribution in [0, 0.1) is 0 Å². The summed E-state index contributed by atoms with van der Waals surface area (Å²) in [4.78, 5) is 0. The highest BCUT2D eigenvalue weighted by atomic mass is 79.9. The maximum atomic E-state index is 3.98. The van der Waals surface area contributed by atoms with Gasteiger partial charge in [-0.25, -0.2) is 0 Å². The molecule has 0 saturated heterocycles. The van der Waals surface area contributed by atoms with Gasteiger partial charge in [0.15, 0.2) is 0 Å². The summed E-state index contributed by atoms with van der Waals surface area (Å²) >= 11 is 7.97. The van der Waals surface area contributed by atoms with Crippen LogP contribution in [-0.4, -0.2) is 62.8 Å². The molecule has 110 valence electrons. The fourth-order valence-electron chi connectivity index (χ4n) is 3.97. The van der Waals surface area contributed by atoms with Gasteiger partial charge >= 0.3 is 0 Å². The van der Waals surface area contributed by atoms with E-state index in [2.05, 4.69) is 94.6 Å². The Hall–Kier alpha value is -0.341. The van der Waals surface area contributed by atoms with Gasteiger partial charge in [-0.1, -0.05) is 21.9 Å². The van der Waals surface area contributed by atoms with E-state index >= 15 is 0 Å². The zero-order valence-electron chi connectivity index (χ0n) is 15.8. The smallest absolute Gasteiger partial charge is 0.101 e. The van der Waals surface area contributed by atoms with E-state index in [1.54, 1.807) is 0 Å². The molecule has 0 atom stereocenters. The largest absolute Gasteiger partial charge is 0.139 e. The Morgan fingerprint density at radius 1 is 0.333 bits per heavy atom. The molecule has 0 amide bonds. The van der Waals surface area contributed by atoms with Crippen molar-refractivity contribution in [1.82, 2.24) is 0 Å². The van der Waals surface area contributed by atoms with Crippen LogP contribution < -0.4 is 43.7 Å². The topological polar surface area (TPSA) is 0 Å². The number of fused-ring (bicyclic) bond motifs is 2. The lowest BCUT2D eigenvalue weighted by Crippen LogP contribution is -2.49. The van der Waals surface area contributed by atoms with Crippen molar-refractivity contribution in [2.45, 2.75) is 0 Å². The van der Waals surface area contributed by atoms with E-state index in [-0.39, 0.29) is 0 Å². The van der Waals surface area contributed by atoms with Gasteiger partial charge in [-0.05, 0) is 53.4 Å². The van der Waals surface area contributed by atoms with Crippen LogP contribution >= 0.6 is 31.9 Å². The lowest BCUT2D eigenvalue weighted by Gasteiger charge is -2.24. The van der Waals surface area contributed by atoms with Crippen molar-refractivity contribution in [3.8, 4) is 0 Å². The number of hydrogen-bond donors (Lipinski definition) is 0. The molecule has 0 nitrogen and oxygen atoms in total. The van der Waals surface area contributed by atoms with E-state index in [1.807, 2.05) is 0 Å². The van der Waals surface area contributed by atoms with E-state index in [1.165, 1.54) is 74.2 Å². The molecule has 0 fully saturated rings. The zero-order chi connectivity index (χ0) is 18.1. The third-order valence-corrected chi connectivity index (χ3v) is 7.84. The standard InChI is InChI=1S/C14H16B8Br2/c15-5-1-2(6(16)10(20)9(5)19)14(24)4-3(13(1)23)7(17)11(21)12(22)8(4)18/h15-22H2. The molecule has 3 aromatic carbocycles. The molecular weight excluding hydrogens is 414 g/mol. The summed E-state index contributed by atoms with van der Waals surface area (Å²) in [5.41, 5.74) is 11.1. The lowest BCUT2D eigenvalue weighted by molar-refractivity contribution is 1.87. The molecule has 0 radical (unpaired) electrons. The first kappa shape index (κ1) is 18.5. The van der Waals surface area contributed by atoms with Crippen LogP contribution in [0.5, 0.6) is 0 Å². The van der Waals surface area contributed by atoms with Gasteiger partial charge in [0.2, 0.25) is 0 Å². The van der Waals surface area contributed by atoms with Gasteiger partial charge in [-0.2, -0.15) is 0 Å². The van der Waals surface area contributed by atoms with Gasteiger partial charge in [0.05, 0.1) is 0 Å². The predicted octanol–water partition coefficient (Wildman–Crippen LogP) is -8.41. The predicted molar refractivity (Wildman–Crippen MR) is 142 cm³/mol. The monoisotopic (exact) mass is 430 g/mol. The molecule has 0 unspecified atom stereocenters. The van der Waals surface area contributed by atoms with Gasteiger partial charge in [-0.15, -0.1) is 21.9 Å². The summed E-state index contributed by atoms with van der Waals surface area (Å²) < 4.78 is 2.48. The minimum absolute atomic E-state index is 1.24. The van der Waals surface area contributed by atoms with Crippen molar-refractivity contribution in [3.05, 3.63) is 8.95 Å². The molecule has 24 heavy (non-hydrogen) atoms. The molecule has 0 heterocycles. The minimum Gasteiger partial charge on any atom is -0.101 e. The third kappa shape index (κ3) is 2.28. The van der Waals surface area contributed by atoms with Crippen LogP contribution in [0.2, 0.25) is 0 Å². The van der Waals surface area contributed by atoms with Gasteiger partial charge < -0.3 is 0 Å². The average Bonchev–Trinajstić information content (AvgIpc) is 2.55. The SMILES string of the molecule is Bc1c(B)c(B)c2c(Br)c3c(B)c(B)c(B)c(B)c3c(Br)c2c1B. The van der Waals surface area contributed by atoms with E-state index < -0.39 is 0 Å². The normalized spacial score (nSPS) is 11.4. The fraction of sp³-hybridized carbons (Fsp3) is 0. The van der Waals surface area contributed by atoms with Crippen LogP contribution in [0.25, 0.3) is 21.5 Å². The lowest BCUT2D eigenvalue weighted by atomic mass is 9.62. The molecule has 3 aromatic rings. The summed E-state index contributed by atoms with van der Waals surface area (Å²) in [7, 11) is 17.9. The summed E-state index contributed by atoms with van der Waals surface area (Å²) in [6, 6.07) is 0. The quantitative estimate of drug-likeness (QED) is 0.246. The summed E-state index contributed by atoms with van der Waals surface area (Å²) in [5.74, 6) is 0. The molecule has 0 aliphatic carbocycles. The highest BCUT2D eigenvalue weighted by Crippen LogP contribution is 2.35. The molecule has 0 aliphatic rings. The molecule has 0 saturated carbocycles. The molecule has 3 rings (SSSR count). The number of hydrogen-bond acceptors (Lipinski definition) is 0. The molecule has 0 bridgehead atoms. The van der Waals surface area contributed by atoms with Crippen LogP contribution in [0.15, 0.2) is 8.95 Å². The van der Waals surface area contributed by atoms with Gasteiger partial charge in [0, 0.05) is 8.95 Å². The maximum absolute atomic E-state index is 3.98. The van der Waals surface area contributed by atoms with Gasteiger partial charge in [0.25, 0.3) is 0 Å². The highest BCUT2D eigenvalue weighted by molar-refractivity contribution is 9.11. The highest BCUT2D eigenvalue weighted by Gasteiger charge is 2.20. The Morgan fingerprint density at radius 3 is 0.667 bits per heavy atom. The first-order chi connectivity index (χ1) is 11.1. The van der Waals surface area contributed by atoms with Gasteiger partial charge in [-0.3, -0.25) is 0 Å². The van der Waals surface area contributed by atoms with E-state index in [9.17, 15) is 0 Å². The maximum Gasteiger partial charge on any atom is 0.139 e. The van der Waals surface area contributed by atoms with E-state index in [0.717, 1.165) is 0 Å².